The number of carbonyl (C=O) groups excluding carboxylic acids is 1. The van der Waals surface area contributed by atoms with Gasteiger partial charge in [-0.3, -0.25) is 4.79 Å². The summed E-state index contributed by atoms with van der Waals surface area (Å²) in [5.74, 6) is -0.0457. The van der Waals surface area contributed by atoms with Crippen molar-refractivity contribution in [3.63, 3.8) is 0 Å². The molecule has 3 rings (SSSR count). The highest BCUT2D eigenvalue weighted by molar-refractivity contribution is 9.10. The van der Waals surface area contributed by atoms with Crippen LogP contribution in [0.2, 0.25) is 0 Å². The maximum absolute atomic E-state index is 12.3. The maximum Gasteiger partial charge on any atom is 0.290 e. The summed E-state index contributed by atoms with van der Waals surface area (Å²) in [4.78, 5) is 12.3. The average molecular weight is 382 g/mol. The van der Waals surface area contributed by atoms with Crippen molar-refractivity contribution < 1.29 is 9.36 Å². The van der Waals surface area contributed by atoms with Crippen molar-refractivity contribution in [3.05, 3.63) is 83.1 Å². The number of rotatable bonds is 4. The molecule has 0 radical (unpaired) electrons. The number of hydrogen-bond acceptors (Lipinski definition) is 1. The fraction of sp³-hybridized carbons (Fsp3) is 0.100. The van der Waals surface area contributed by atoms with Gasteiger partial charge in [-0.25, -0.2) is 0 Å². The van der Waals surface area contributed by atoms with E-state index in [1.807, 2.05) is 72.4 Å². The van der Waals surface area contributed by atoms with Crippen LogP contribution in [-0.4, -0.2) is 5.91 Å². The minimum absolute atomic E-state index is 0.0457. The first-order chi connectivity index (χ1) is 11.6. The molecule has 1 N–H and O–H groups in total. The van der Waals surface area contributed by atoms with Gasteiger partial charge in [-0.05, 0) is 42.3 Å². The molecule has 0 aliphatic heterocycles. The molecule has 1 amide bonds. The van der Waals surface area contributed by atoms with Crippen molar-refractivity contribution >= 4 is 27.5 Å². The Morgan fingerprint density at radius 2 is 1.79 bits per heavy atom. The van der Waals surface area contributed by atoms with Gasteiger partial charge in [0.2, 0.25) is 6.54 Å². The predicted octanol–water partition coefficient (Wildman–Crippen LogP) is 4.35. The number of nitrogens with zero attached hydrogens (tertiary/aromatic N) is 1. The van der Waals surface area contributed by atoms with E-state index in [0.29, 0.717) is 0 Å². The summed E-state index contributed by atoms with van der Waals surface area (Å²) in [6, 6.07) is 20.0. The van der Waals surface area contributed by atoms with Crippen LogP contribution >= 0.6 is 15.9 Å². The summed E-state index contributed by atoms with van der Waals surface area (Å²) in [5.41, 5.74) is 4.09. The second-order valence-corrected chi connectivity index (χ2v) is 6.55. The molecule has 0 bridgehead atoms. The van der Waals surface area contributed by atoms with Gasteiger partial charge in [0.1, 0.15) is 0 Å². The lowest BCUT2D eigenvalue weighted by molar-refractivity contribution is -0.683. The van der Waals surface area contributed by atoms with E-state index in [0.717, 1.165) is 26.9 Å². The Bertz CT molecular complexity index is 863. The topological polar surface area (TPSA) is 33.0 Å². The molecule has 0 atom stereocenters. The number of pyridine rings is 1. The molecule has 1 aromatic heterocycles. The molecule has 0 aliphatic rings. The highest BCUT2D eigenvalue weighted by Gasteiger charge is 2.12. The van der Waals surface area contributed by atoms with Crippen LogP contribution in [0.5, 0.6) is 0 Å². The standard InChI is InChI=1S/C20H17BrN2O/c1-15-12-18(21)9-10-19(15)22-20(24)14-23-11-5-8-17(13-23)16-6-3-2-4-7-16/h2-13H,14H2,1H3/p+1. The molecule has 0 saturated carbocycles. The fourth-order valence-electron chi connectivity index (χ4n) is 2.54. The van der Waals surface area contributed by atoms with Crippen LogP contribution in [0.3, 0.4) is 0 Å². The lowest BCUT2D eigenvalue weighted by Crippen LogP contribution is -2.39. The quantitative estimate of drug-likeness (QED) is 0.669. The molecular formula is C20H18BrN2O+. The summed E-state index contributed by atoms with van der Waals surface area (Å²) < 4.78 is 2.90. The minimum atomic E-state index is -0.0457. The number of aryl methyl sites for hydroxylation is 1. The van der Waals surface area contributed by atoms with Gasteiger partial charge in [0.15, 0.2) is 12.4 Å². The number of nitrogens with one attached hydrogen (secondary N) is 1. The fourth-order valence-corrected chi connectivity index (χ4v) is 3.02. The van der Waals surface area contributed by atoms with E-state index in [-0.39, 0.29) is 12.5 Å². The normalized spacial score (nSPS) is 10.4. The minimum Gasteiger partial charge on any atom is -0.320 e. The molecule has 0 unspecified atom stereocenters. The molecule has 1 heterocycles. The van der Waals surface area contributed by atoms with Gasteiger partial charge in [0, 0.05) is 21.8 Å². The highest BCUT2D eigenvalue weighted by Crippen LogP contribution is 2.20. The van der Waals surface area contributed by atoms with Crippen LogP contribution < -0.4 is 9.88 Å². The molecule has 3 aromatic rings. The molecule has 2 aromatic carbocycles. The number of amides is 1. The first-order valence-electron chi connectivity index (χ1n) is 7.72. The van der Waals surface area contributed by atoms with E-state index in [2.05, 4.69) is 33.4 Å². The molecule has 0 fully saturated rings. The number of halogens is 1. The van der Waals surface area contributed by atoms with Gasteiger partial charge < -0.3 is 5.32 Å². The maximum atomic E-state index is 12.3. The zero-order chi connectivity index (χ0) is 16.9. The lowest BCUT2D eigenvalue weighted by atomic mass is 10.1. The molecule has 24 heavy (non-hydrogen) atoms. The summed E-state index contributed by atoms with van der Waals surface area (Å²) in [6.45, 7) is 2.25. The second-order valence-electron chi connectivity index (χ2n) is 5.64. The van der Waals surface area contributed by atoms with Crippen LogP contribution in [0.1, 0.15) is 5.56 Å². The number of aromatic nitrogens is 1. The Morgan fingerprint density at radius 3 is 2.54 bits per heavy atom. The van der Waals surface area contributed by atoms with Crippen molar-refractivity contribution in [2.45, 2.75) is 13.5 Å². The number of hydrogen-bond donors (Lipinski definition) is 1. The molecule has 0 spiro atoms. The molecule has 0 aliphatic carbocycles. The van der Waals surface area contributed by atoms with Crippen molar-refractivity contribution in [1.29, 1.82) is 0 Å². The van der Waals surface area contributed by atoms with Gasteiger partial charge in [-0.15, -0.1) is 0 Å². The van der Waals surface area contributed by atoms with Crippen molar-refractivity contribution in [2.24, 2.45) is 0 Å². The van der Waals surface area contributed by atoms with Crippen LogP contribution in [0, 0.1) is 6.92 Å². The van der Waals surface area contributed by atoms with Crippen LogP contribution in [-0.2, 0) is 11.3 Å². The third kappa shape index (κ3) is 4.09. The van der Waals surface area contributed by atoms with Gasteiger partial charge in [-0.2, -0.15) is 4.57 Å². The Hall–Kier alpha value is -2.46. The summed E-state index contributed by atoms with van der Waals surface area (Å²) >= 11 is 3.43. The van der Waals surface area contributed by atoms with Crippen molar-refractivity contribution in [3.8, 4) is 11.1 Å². The summed E-state index contributed by atoms with van der Waals surface area (Å²) in [5, 5.41) is 2.96. The zero-order valence-corrected chi connectivity index (χ0v) is 15.0. The first kappa shape index (κ1) is 16.4. The largest absolute Gasteiger partial charge is 0.320 e. The van der Waals surface area contributed by atoms with E-state index in [4.69, 9.17) is 0 Å². The van der Waals surface area contributed by atoms with E-state index < -0.39 is 0 Å². The first-order valence-corrected chi connectivity index (χ1v) is 8.52. The highest BCUT2D eigenvalue weighted by atomic mass is 79.9. The van der Waals surface area contributed by atoms with Crippen LogP contribution in [0.25, 0.3) is 11.1 Å². The van der Waals surface area contributed by atoms with E-state index >= 15 is 0 Å². The van der Waals surface area contributed by atoms with E-state index in [9.17, 15) is 4.79 Å². The van der Waals surface area contributed by atoms with Crippen molar-refractivity contribution in [2.75, 3.05) is 5.32 Å². The van der Waals surface area contributed by atoms with Crippen molar-refractivity contribution in [1.82, 2.24) is 0 Å². The van der Waals surface area contributed by atoms with Crippen LogP contribution in [0.4, 0.5) is 5.69 Å². The molecular weight excluding hydrogens is 364 g/mol. The number of benzene rings is 2. The average Bonchev–Trinajstić information content (AvgIpc) is 2.58. The van der Waals surface area contributed by atoms with E-state index in [1.54, 1.807) is 0 Å². The summed E-state index contributed by atoms with van der Waals surface area (Å²) in [6.07, 6.45) is 3.89. The lowest BCUT2D eigenvalue weighted by Gasteiger charge is -2.07. The monoisotopic (exact) mass is 381 g/mol. The smallest absolute Gasteiger partial charge is 0.290 e. The van der Waals surface area contributed by atoms with Gasteiger partial charge in [0.25, 0.3) is 5.91 Å². The van der Waals surface area contributed by atoms with Gasteiger partial charge in [-0.1, -0.05) is 46.3 Å². The number of carbonyl (C=O) groups is 1. The van der Waals surface area contributed by atoms with E-state index in [1.165, 1.54) is 0 Å². The number of anilines is 1. The third-order valence-electron chi connectivity index (χ3n) is 3.75. The third-order valence-corrected chi connectivity index (χ3v) is 4.25. The van der Waals surface area contributed by atoms with Crippen LogP contribution in [0.15, 0.2) is 77.5 Å². The molecule has 0 saturated heterocycles. The Labute approximate surface area is 150 Å². The Kier molecular flexibility index (Phi) is 5.06. The zero-order valence-electron chi connectivity index (χ0n) is 13.4. The predicted molar refractivity (Wildman–Crippen MR) is 99.6 cm³/mol. The van der Waals surface area contributed by atoms with Gasteiger partial charge in [0.05, 0.1) is 0 Å². The molecule has 3 nitrogen and oxygen atoms in total. The SMILES string of the molecule is Cc1cc(Br)ccc1NC(=O)C[n+]1cccc(-c2ccccc2)c1. The summed E-state index contributed by atoms with van der Waals surface area (Å²) in [7, 11) is 0. The van der Waals surface area contributed by atoms with Gasteiger partial charge >= 0.3 is 0 Å². The second kappa shape index (κ2) is 7.41. The Morgan fingerprint density at radius 1 is 1.04 bits per heavy atom. The Balaban J connectivity index is 1.73. The molecule has 4 heteroatoms. The molecule has 120 valence electrons.